The zero-order valence-corrected chi connectivity index (χ0v) is 21.3. The Morgan fingerprint density at radius 1 is 1.09 bits per heavy atom. The molecule has 0 fully saturated rings. The first kappa shape index (κ1) is 25.9. The minimum atomic E-state index is -1.41. The van der Waals surface area contributed by atoms with Gasteiger partial charge in [-0.3, -0.25) is 14.2 Å². The number of hydrogen-bond acceptors (Lipinski definition) is 7. The minimum absolute atomic E-state index is 0. The molecule has 9 nitrogen and oxygen atoms in total. The number of carboxylic acid groups (broad SMARTS) is 1. The van der Waals surface area contributed by atoms with Crippen molar-refractivity contribution in [2.75, 3.05) is 18.8 Å². The molecule has 0 aliphatic rings. The zero-order valence-electron chi connectivity index (χ0n) is 16.9. The van der Waals surface area contributed by atoms with E-state index in [2.05, 4.69) is 37.6 Å². The van der Waals surface area contributed by atoms with E-state index in [0.29, 0.717) is 15.3 Å². The van der Waals surface area contributed by atoms with Gasteiger partial charge in [0.25, 0.3) is 0 Å². The van der Waals surface area contributed by atoms with Crippen molar-refractivity contribution in [2.45, 2.75) is 5.16 Å². The number of carbonyl (C=O) groups is 3. The number of halogens is 1. The number of benzene rings is 2. The molecule has 3 aromatic rings. The van der Waals surface area contributed by atoms with Gasteiger partial charge in [-0.1, -0.05) is 36.0 Å². The van der Waals surface area contributed by atoms with Gasteiger partial charge in [0, 0.05) is 10.8 Å². The molecular formula is C20H15BrN5NaO4S. The van der Waals surface area contributed by atoms with Crippen LogP contribution in [0.25, 0.3) is 16.5 Å². The molecule has 2 amide bonds. The summed E-state index contributed by atoms with van der Waals surface area (Å²) in [4.78, 5) is 38.2. The fourth-order valence-electron chi connectivity index (χ4n) is 2.80. The van der Waals surface area contributed by atoms with Gasteiger partial charge in [0.1, 0.15) is 4.60 Å². The predicted molar refractivity (Wildman–Crippen MR) is 115 cm³/mol. The number of thioether (sulfide) groups is 1. The van der Waals surface area contributed by atoms with Crippen LogP contribution in [0.15, 0.2) is 52.4 Å². The molecule has 12 heteroatoms. The number of nitriles is 1. The molecule has 2 N–H and O–H groups in total. The summed E-state index contributed by atoms with van der Waals surface area (Å²) in [5.41, 5.74) is 1.35. The topological polar surface area (TPSA) is 140 Å². The number of aliphatic carboxylic acids is 1. The average Bonchev–Trinajstić information content (AvgIpc) is 3.14. The van der Waals surface area contributed by atoms with Gasteiger partial charge in [-0.2, -0.15) is 5.26 Å². The Balaban J connectivity index is 0.00000363. The number of carboxylic acids is 1. The maximum absolute atomic E-state index is 12.1. The number of imidazole rings is 1. The number of carbonyl (C=O) groups excluding carboxylic acids is 3. The number of nitrogens with one attached hydrogen (secondary N) is 2. The van der Waals surface area contributed by atoms with Crippen LogP contribution >= 0.6 is 27.7 Å². The summed E-state index contributed by atoms with van der Waals surface area (Å²) in [7, 11) is 0. The zero-order chi connectivity index (χ0) is 22.4. The van der Waals surface area contributed by atoms with Crippen LogP contribution in [0.1, 0.15) is 5.56 Å². The van der Waals surface area contributed by atoms with Crippen molar-refractivity contribution in [1.29, 1.82) is 5.26 Å². The summed E-state index contributed by atoms with van der Waals surface area (Å²) < 4.78 is 2.50. The number of rotatable bonds is 8. The van der Waals surface area contributed by atoms with Crippen LogP contribution in [0.2, 0.25) is 0 Å². The third-order valence-corrected chi connectivity index (χ3v) is 5.67. The van der Waals surface area contributed by atoms with E-state index in [0.717, 1.165) is 16.5 Å². The van der Waals surface area contributed by atoms with Crippen molar-refractivity contribution in [3.05, 3.63) is 52.8 Å². The standard InChI is InChI=1S/C20H16BrN5O4S.Na/c21-16-8-25-20(31-11-18(28)23-9-17(27)24-10-19(29)30)26(16)15-6-5-12(7-22)13-3-1-2-4-14(13)15;/h1-6,8H,9-11H2,(H,23,28)(H,24,27)(H,29,30);/q;+1/p-1. The van der Waals surface area contributed by atoms with E-state index in [1.54, 1.807) is 12.3 Å². The molecule has 2 aromatic carbocycles. The van der Waals surface area contributed by atoms with E-state index in [1.807, 2.05) is 34.9 Å². The number of amides is 2. The molecule has 0 saturated heterocycles. The third-order valence-electron chi connectivity index (χ3n) is 4.16. The molecule has 0 aliphatic carbocycles. The number of hydrogen-bond donors (Lipinski definition) is 2. The Kier molecular flexibility index (Phi) is 9.74. The van der Waals surface area contributed by atoms with Gasteiger partial charge < -0.3 is 20.5 Å². The number of aromatic nitrogens is 2. The molecule has 3 rings (SSSR count). The molecular weight excluding hydrogens is 509 g/mol. The largest absolute Gasteiger partial charge is 1.00 e. The second kappa shape index (κ2) is 12.0. The predicted octanol–water partition coefficient (Wildman–Crippen LogP) is -2.26. The first-order valence-electron chi connectivity index (χ1n) is 8.92. The fourth-order valence-corrected chi connectivity index (χ4v) is 4.20. The van der Waals surface area contributed by atoms with E-state index in [1.165, 1.54) is 11.8 Å². The first-order chi connectivity index (χ1) is 14.9. The van der Waals surface area contributed by atoms with Gasteiger partial charge in [0.15, 0.2) is 5.16 Å². The van der Waals surface area contributed by atoms with Gasteiger partial charge >= 0.3 is 29.6 Å². The van der Waals surface area contributed by atoms with E-state index in [-0.39, 0.29) is 41.9 Å². The molecule has 0 radical (unpaired) electrons. The molecule has 0 atom stereocenters. The molecule has 1 heterocycles. The van der Waals surface area contributed by atoms with Gasteiger partial charge in [-0.25, -0.2) is 4.98 Å². The van der Waals surface area contributed by atoms with Crippen molar-refractivity contribution in [3.63, 3.8) is 0 Å². The van der Waals surface area contributed by atoms with Crippen LogP contribution in [0, 0.1) is 11.3 Å². The van der Waals surface area contributed by atoms with Crippen molar-refractivity contribution in [2.24, 2.45) is 0 Å². The summed E-state index contributed by atoms with van der Waals surface area (Å²) in [5, 5.41) is 26.4. The van der Waals surface area contributed by atoms with E-state index in [9.17, 15) is 24.8 Å². The van der Waals surface area contributed by atoms with Crippen LogP contribution in [0.5, 0.6) is 0 Å². The second-order valence-electron chi connectivity index (χ2n) is 6.20. The van der Waals surface area contributed by atoms with Crippen LogP contribution < -0.4 is 45.3 Å². The first-order valence-corrected chi connectivity index (χ1v) is 10.7. The van der Waals surface area contributed by atoms with Crippen LogP contribution in [0.4, 0.5) is 0 Å². The van der Waals surface area contributed by atoms with Gasteiger partial charge in [-0.05, 0) is 28.1 Å². The van der Waals surface area contributed by atoms with Crippen molar-refractivity contribution < 1.29 is 49.0 Å². The Morgan fingerprint density at radius 3 is 2.47 bits per heavy atom. The monoisotopic (exact) mass is 523 g/mol. The average molecular weight is 524 g/mol. The molecule has 0 aliphatic heterocycles. The molecule has 0 unspecified atom stereocenters. The Labute approximate surface area is 218 Å². The van der Waals surface area contributed by atoms with E-state index < -0.39 is 24.3 Å². The molecule has 32 heavy (non-hydrogen) atoms. The maximum Gasteiger partial charge on any atom is 1.00 e. The van der Waals surface area contributed by atoms with Gasteiger partial charge in [-0.15, -0.1) is 0 Å². The summed E-state index contributed by atoms with van der Waals surface area (Å²) in [5.74, 6) is -2.46. The number of nitrogens with zero attached hydrogens (tertiary/aromatic N) is 3. The summed E-state index contributed by atoms with van der Waals surface area (Å²) in [6.45, 7) is -0.960. The van der Waals surface area contributed by atoms with Gasteiger partial charge in [0.2, 0.25) is 11.8 Å². The Hall–Kier alpha value is -2.36. The van der Waals surface area contributed by atoms with Crippen LogP contribution in [0.3, 0.4) is 0 Å². The molecule has 0 bridgehead atoms. The van der Waals surface area contributed by atoms with Crippen molar-refractivity contribution in [1.82, 2.24) is 20.2 Å². The van der Waals surface area contributed by atoms with Crippen LogP contribution in [-0.2, 0) is 14.4 Å². The van der Waals surface area contributed by atoms with E-state index in [4.69, 9.17) is 0 Å². The van der Waals surface area contributed by atoms with Crippen molar-refractivity contribution in [3.8, 4) is 11.8 Å². The summed E-state index contributed by atoms with van der Waals surface area (Å²) >= 11 is 4.64. The minimum Gasteiger partial charge on any atom is -0.548 e. The SMILES string of the molecule is N#Cc1ccc(-n2c(Br)cnc2SCC(=O)NCC(=O)NCC(=O)[O-])c2ccccc12.[Na+]. The van der Waals surface area contributed by atoms with E-state index >= 15 is 0 Å². The summed E-state index contributed by atoms with van der Waals surface area (Å²) in [6, 6.07) is 13.3. The third kappa shape index (κ3) is 6.34. The van der Waals surface area contributed by atoms with Crippen molar-refractivity contribution >= 4 is 56.2 Å². The van der Waals surface area contributed by atoms with Crippen LogP contribution in [-0.4, -0.2) is 46.2 Å². The Morgan fingerprint density at radius 2 is 1.78 bits per heavy atom. The number of fused-ring (bicyclic) bond motifs is 1. The molecule has 158 valence electrons. The normalized spacial score (nSPS) is 10.1. The second-order valence-corrected chi connectivity index (χ2v) is 7.96. The maximum atomic E-state index is 12.1. The van der Waals surface area contributed by atoms with Gasteiger partial charge in [0.05, 0.1) is 48.3 Å². The summed E-state index contributed by atoms with van der Waals surface area (Å²) in [6.07, 6.45) is 1.61. The smallest absolute Gasteiger partial charge is 0.548 e. The molecule has 1 aromatic heterocycles. The Bertz CT molecular complexity index is 1210. The molecule has 0 spiro atoms. The quantitative estimate of drug-likeness (QED) is 0.251. The fraction of sp³-hybridized carbons (Fsp3) is 0.150. The molecule has 0 saturated carbocycles.